The van der Waals surface area contributed by atoms with Crippen molar-refractivity contribution in [3.8, 4) is 5.69 Å². The quantitative estimate of drug-likeness (QED) is 0.446. The maximum atomic E-state index is 12.8. The highest BCUT2D eigenvalue weighted by Crippen LogP contribution is 2.29. The third-order valence-electron chi connectivity index (χ3n) is 5.04. The highest BCUT2D eigenvalue weighted by molar-refractivity contribution is 5.95. The van der Waals surface area contributed by atoms with Crippen molar-refractivity contribution < 1.29 is 18.0 Å². The zero-order chi connectivity index (χ0) is 22.1. The number of halogens is 3. The fourth-order valence-corrected chi connectivity index (χ4v) is 3.24. The molecule has 1 heterocycles. The Labute approximate surface area is 173 Å². The molecule has 3 rings (SSSR count). The number of amides is 1. The molecule has 156 valence electrons. The first kappa shape index (κ1) is 21.4. The average molecular weight is 413 g/mol. The van der Waals surface area contributed by atoms with Crippen LogP contribution in [0.1, 0.15) is 44.0 Å². The van der Waals surface area contributed by atoms with Crippen molar-refractivity contribution >= 4 is 12.1 Å². The Kier molecular flexibility index (Phi) is 5.82. The number of carbonyl (C=O) groups is 1. The van der Waals surface area contributed by atoms with Gasteiger partial charge in [-0.1, -0.05) is 12.1 Å². The molecule has 1 aromatic heterocycles. The summed E-state index contributed by atoms with van der Waals surface area (Å²) in [7, 11) is 0. The summed E-state index contributed by atoms with van der Waals surface area (Å²) in [6.45, 7) is 8.03. The maximum absolute atomic E-state index is 12.8. The van der Waals surface area contributed by atoms with Crippen molar-refractivity contribution in [1.29, 1.82) is 0 Å². The first-order chi connectivity index (χ1) is 14.1. The van der Waals surface area contributed by atoms with Crippen molar-refractivity contribution in [2.75, 3.05) is 0 Å². The van der Waals surface area contributed by atoms with Gasteiger partial charge in [-0.05, 0) is 75.2 Å². The first-order valence-corrected chi connectivity index (χ1v) is 9.35. The van der Waals surface area contributed by atoms with Gasteiger partial charge in [0, 0.05) is 28.2 Å². The van der Waals surface area contributed by atoms with Crippen LogP contribution in [0.2, 0.25) is 0 Å². The molecule has 0 aliphatic carbocycles. The second-order valence-corrected chi connectivity index (χ2v) is 7.21. The third kappa shape index (κ3) is 4.45. The van der Waals surface area contributed by atoms with Crippen LogP contribution < -0.4 is 5.43 Å². The average Bonchev–Trinajstić information content (AvgIpc) is 2.97. The molecule has 0 saturated carbocycles. The summed E-state index contributed by atoms with van der Waals surface area (Å²) >= 11 is 0. The predicted molar refractivity (Wildman–Crippen MR) is 111 cm³/mol. The SMILES string of the molecule is Cc1ccc(-n2c(C)cc(/C=N\NC(=O)c3cccc(C(F)(F)F)c3)c2C)cc1C. The fraction of sp³-hybridized carbons (Fsp3) is 0.217. The molecule has 0 fully saturated rings. The van der Waals surface area contributed by atoms with Crippen molar-refractivity contribution in [3.63, 3.8) is 0 Å². The number of hydrogen-bond donors (Lipinski definition) is 1. The molecule has 2 aromatic carbocycles. The molecule has 30 heavy (non-hydrogen) atoms. The van der Waals surface area contributed by atoms with E-state index < -0.39 is 17.6 Å². The van der Waals surface area contributed by atoms with Crippen molar-refractivity contribution in [3.05, 3.63) is 87.7 Å². The Hall–Kier alpha value is -3.35. The van der Waals surface area contributed by atoms with Gasteiger partial charge in [0.15, 0.2) is 0 Å². The molecule has 0 aliphatic rings. The Bertz CT molecular complexity index is 1130. The third-order valence-corrected chi connectivity index (χ3v) is 5.04. The second kappa shape index (κ2) is 8.18. The molecule has 0 spiro atoms. The van der Waals surface area contributed by atoms with Crippen LogP contribution >= 0.6 is 0 Å². The molecule has 0 radical (unpaired) electrons. The van der Waals surface area contributed by atoms with Crippen molar-refractivity contribution in [1.82, 2.24) is 9.99 Å². The Morgan fingerprint density at radius 2 is 1.73 bits per heavy atom. The van der Waals surface area contributed by atoms with E-state index in [1.165, 1.54) is 29.5 Å². The summed E-state index contributed by atoms with van der Waals surface area (Å²) in [4.78, 5) is 12.2. The number of carbonyl (C=O) groups excluding carboxylic acids is 1. The normalized spacial score (nSPS) is 11.8. The molecule has 1 N–H and O–H groups in total. The van der Waals surface area contributed by atoms with Gasteiger partial charge in [-0.15, -0.1) is 0 Å². The summed E-state index contributed by atoms with van der Waals surface area (Å²) < 4.78 is 40.5. The lowest BCUT2D eigenvalue weighted by Crippen LogP contribution is -2.18. The predicted octanol–water partition coefficient (Wildman–Crippen LogP) is 5.49. The number of nitrogens with zero attached hydrogens (tertiary/aromatic N) is 2. The van der Waals surface area contributed by atoms with Gasteiger partial charge in [-0.3, -0.25) is 4.79 Å². The Balaban J connectivity index is 1.79. The topological polar surface area (TPSA) is 46.4 Å². The van der Waals surface area contributed by atoms with Gasteiger partial charge in [0.1, 0.15) is 0 Å². The smallest absolute Gasteiger partial charge is 0.318 e. The summed E-state index contributed by atoms with van der Waals surface area (Å²) in [5.41, 5.74) is 7.47. The van der Waals surface area contributed by atoms with Crippen molar-refractivity contribution in [2.45, 2.75) is 33.9 Å². The van der Waals surface area contributed by atoms with Gasteiger partial charge >= 0.3 is 6.18 Å². The fourth-order valence-electron chi connectivity index (χ4n) is 3.24. The molecule has 0 saturated heterocycles. The van der Waals surface area contributed by atoms with Crippen LogP contribution in [0.5, 0.6) is 0 Å². The Morgan fingerprint density at radius 1 is 1.00 bits per heavy atom. The number of aromatic nitrogens is 1. The highest BCUT2D eigenvalue weighted by atomic mass is 19.4. The van der Waals surface area contributed by atoms with Crippen LogP contribution in [-0.2, 0) is 6.18 Å². The largest absolute Gasteiger partial charge is 0.416 e. The van der Waals surface area contributed by atoms with Crippen LogP contribution in [0.4, 0.5) is 13.2 Å². The van der Waals surface area contributed by atoms with Gasteiger partial charge in [0.2, 0.25) is 0 Å². The van der Waals surface area contributed by atoms with E-state index in [2.05, 4.69) is 41.1 Å². The molecule has 0 unspecified atom stereocenters. The van der Waals surface area contributed by atoms with Crippen LogP contribution in [-0.4, -0.2) is 16.7 Å². The molecule has 4 nitrogen and oxygen atoms in total. The number of hydrogen-bond acceptors (Lipinski definition) is 2. The summed E-state index contributed by atoms with van der Waals surface area (Å²) in [6.07, 6.45) is -3.02. The monoisotopic (exact) mass is 413 g/mol. The lowest BCUT2D eigenvalue weighted by molar-refractivity contribution is -0.137. The van der Waals surface area contributed by atoms with Crippen LogP contribution in [0.3, 0.4) is 0 Å². The zero-order valence-corrected chi connectivity index (χ0v) is 17.1. The minimum absolute atomic E-state index is 0.109. The number of hydrazone groups is 1. The van der Waals surface area contributed by atoms with Crippen LogP contribution in [0.25, 0.3) is 5.69 Å². The van der Waals surface area contributed by atoms with E-state index in [0.717, 1.165) is 34.8 Å². The van der Waals surface area contributed by atoms with Gasteiger partial charge in [-0.25, -0.2) is 5.43 Å². The lowest BCUT2D eigenvalue weighted by Gasteiger charge is -2.11. The zero-order valence-electron chi connectivity index (χ0n) is 17.1. The van der Waals surface area contributed by atoms with Gasteiger partial charge in [0.25, 0.3) is 5.91 Å². The lowest BCUT2D eigenvalue weighted by atomic mass is 10.1. The van der Waals surface area contributed by atoms with E-state index in [1.807, 2.05) is 26.0 Å². The maximum Gasteiger partial charge on any atom is 0.416 e. The van der Waals surface area contributed by atoms with E-state index >= 15 is 0 Å². The molecular formula is C23H22F3N3O. The highest BCUT2D eigenvalue weighted by Gasteiger charge is 2.30. The van der Waals surface area contributed by atoms with Crippen molar-refractivity contribution in [2.24, 2.45) is 5.10 Å². The molecule has 0 atom stereocenters. The molecule has 7 heteroatoms. The van der Waals surface area contributed by atoms with E-state index in [-0.39, 0.29) is 5.56 Å². The van der Waals surface area contributed by atoms with Gasteiger partial charge < -0.3 is 4.57 Å². The Morgan fingerprint density at radius 3 is 2.40 bits per heavy atom. The number of aryl methyl sites for hydroxylation is 3. The molecular weight excluding hydrogens is 391 g/mol. The minimum Gasteiger partial charge on any atom is -0.318 e. The summed E-state index contributed by atoms with van der Waals surface area (Å²) in [5, 5.41) is 3.93. The molecule has 3 aromatic rings. The molecule has 1 amide bonds. The number of nitrogens with one attached hydrogen (secondary N) is 1. The summed E-state index contributed by atoms with van der Waals surface area (Å²) in [6, 6.07) is 12.4. The second-order valence-electron chi connectivity index (χ2n) is 7.21. The van der Waals surface area contributed by atoms with E-state index in [9.17, 15) is 18.0 Å². The van der Waals surface area contributed by atoms with E-state index in [4.69, 9.17) is 0 Å². The number of rotatable bonds is 4. The summed E-state index contributed by atoms with van der Waals surface area (Å²) in [5.74, 6) is -0.708. The number of benzene rings is 2. The standard InChI is InChI=1S/C23H22F3N3O/c1-14-8-9-21(10-15(14)2)29-16(3)11-19(17(29)4)13-27-28-22(30)18-6-5-7-20(12-18)23(24,25)26/h5-13H,1-4H3,(H,28,30)/b27-13-. The van der Waals surface area contributed by atoms with E-state index in [1.54, 1.807) is 0 Å². The van der Waals surface area contributed by atoms with Gasteiger partial charge in [0.05, 0.1) is 11.8 Å². The van der Waals surface area contributed by atoms with Crippen LogP contribution in [0.15, 0.2) is 53.6 Å². The molecule has 0 bridgehead atoms. The molecule has 0 aliphatic heterocycles. The minimum atomic E-state index is -4.51. The number of alkyl halides is 3. The van der Waals surface area contributed by atoms with Gasteiger partial charge in [-0.2, -0.15) is 18.3 Å². The van der Waals surface area contributed by atoms with Crippen LogP contribution in [0, 0.1) is 27.7 Å². The van der Waals surface area contributed by atoms with E-state index in [0.29, 0.717) is 0 Å². The first-order valence-electron chi connectivity index (χ1n) is 9.35.